The molecule has 0 radical (unpaired) electrons. The first-order valence-electron chi connectivity index (χ1n) is 10.9. The zero-order valence-corrected chi connectivity index (χ0v) is 20.5. The number of carbonyl (C=O) groups is 4. The van der Waals surface area contributed by atoms with E-state index in [2.05, 4.69) is 5.32 Å². The summed E-state index contributed by atoms with van der Waals surface area (Å²) in [6, 6.07) is 0. The van der Waals surface area contributed by atoms with Gasteiger partial charge in [-0.3, -0.25) is 14.4 Å². The molecule has 8 nitrogen and oxygen atoms in total. The predicted octanol–water partition coefficient (Wildman–Crippen LogP) is 4.19. The highest BCUT2D eigenvalue weighted by molar-refractivity contribution is 5.84. The van der Waals surface area contributed by atoms with E-state index in [1.54, 1.807) is 48.5 Å². The molecule has 0 aromatic carbocycles. The highest BCUT2D eigenvalue weighted by Gasteiger charge is 2.25. The third kappa shape index (κ3) is 15.3. The Bertz CT molecular complexity index is 602. The molecule has 0 rings (SSSR count). The number of rotatable bonds is 12. The van der Waals surface area contributed by atoms with Crippen LogP contribution < -0.4 is 5.32 Å². The van der Waals surface area contributed by atoms with Gasteiger partial charge in [0.05, 0.1) is 18.9 Å². The lowest BCUT2D eigenvalue weighted by Crippen LogP contribution is -2.33. The van der Waals surface area contributed by atoms with Crippen LogP contribution in [0.15, 0.2) is 0 Å². The van der Waals surface area contributed by atoms with Gasteiger partial charge >= 0.3 is 18.0 Å². The van der Waals surface area contributed by atoms with E-state index in [1.807, 2.05) is 0 Å². The molecule has 8 heteroatoms. The molecular weight excluding hydrogens is 402 g/mol. The van der Waals surface area contributed by atoms with Crippen molar-refractivity contribution in [3.63, 3.8) is 0 Å². The molecule has 2 atom stereocenters. The highest BCUT2D eigenvalue weighted by Crippen LogP contribution is 2.19. The van der Waals surface area contributed by atoms with Crippen LogP contribution in [0.5, 0.6) is 0 Å². The van der Waals surface area contributed by atoms with Crippen molar-refractivity contribution < 1.29 is 33.4 Å². The second-order valence-corrected chi connectivity index (χ2v) is 9.86. The van der Waals surface area contributed by atoms with Gasteiger partial charge in [0.15, 0.2) is 0 Å². The maximum absolute atomic E-state index is 12.4. The fourth-order valence-corrected chi connectivity index (χ4v) is 2.76. The van der Waals surface area contributed by atoms with E-state index in [-0.39, 0.29) is 24.6 Å². The molecule has 31 heavy (non-hydrogen) atoms. The molecule has 0 unspecified atom stereocenters. The Balaban J connectivity index is 4.38. The Morgan fingerprint density at radius 3 is 1.94 bits per heavy atom. The number of unbranched alkanes of at least 4 members (excludes halogenated alkanes) is 1. The Hall–Kier alpha value is -2.12. The first-order chi connectivity index (χ1) is 14.1. The molecular formula is C23H41NO7. The largest absolute Gasteiger partial charge is 0.469 e. The summed E-state index contributed by atoms with van der Waals surface area (Å²) in [4.78, 5) is 48.1. The van der Waals surface area contributed by atoms with Crippen LogP contribution in [0.4, 0.5) is 4.79 Å². The average molecular weight is 444 g/mol. The number of Topliss-reactive ketones (excluding diaryl/α,β-unsaturated/α-hetero) is 1. The molecule has 0 saturated carbocycles. The monoisotopic (exact) mass is 443 g/mol. The van der Waals surface area contributed by atoms with Crippen molar-refractivity contribution >= 4 is 23.8 Å². The van der Waals surface area contributed by atoms with Crippen LogP contribution >= 0.6 is 0 Å². The number of ketones is 1. The summed E-state index contributed by atoms with van der Waals surface area (Å²) in [6.07, 6.45) is 1.96. The van der Waals surface area contributed by atoms with E-state index in [0.717, 1.165) is 0 Å². The number of alkyl carbamates (subject to hydrolysis) is 1. The lowest BCUT2D eigenvalue weighted by Gasteiger charge is -2.22. The molecule has 0 saturated heterocycles. The molecule has 0 spiro atoms. The number of nitrogens with one attached hydrogen (secondary N) is 1. The van der Waals surface area contributed by atoms with Crippen LogP contribution in [0.25, 0.3) is 0 Å². The van der Waals surface area contributed by atoms with Crippen LogP contribution in [0.1, 0.15) is 87.0 Å². The summed E-state index contributed by atoms with van der Waals surface area (Å²) in [7, 11) is 1.30. The van der Waals surface area contributed by atoms with Gasteiger partial charge in [0.1, 0.15) is 17.0 Å². The SMILES string of the molecule is COC(=O)[C@H](CCCCNC(=O)OC(C)(C)C)CC(=O)CC[C@H](C)C(=O)OC(C)(C)C. The van der Waals surface area contributed by atoms with Gasteiger partial charge in [-0.2, -0.15) is 0 Å². The molecule has 1 amide bonds. The summed E-state index contributed by atoms with van der Waals surface area (Å²) in [5.74, 6) is -1.76. The number of methoxy groups -OCH3 is 1. The van der Waals surface area contributed by atoms with Crippen LogP contribution in [0, 0.1) is 11.8 Å². The minimum absolute atomic E-state index is 0.0766. The zero-order valence-electron chi connectivity index (χ0n) is 20.5. The minimum Gasteiger partial charge on any atom is -0.469 e. The Morgan fingerprint density at radius 1 is 0.839 bits per heavy atom. The third-order valence-corrected chi connectivity index (χ3v) is 4.32. The van der Waals surface area contributed by atoms with Gasteiger partial charge in [-0.05, 0) is 60.8 Å². The summed E-state index contributed by atoms with van der Waals surface area (Å²) in [5, 5.41) is 2.67. The second kappa shape index (κ2) is 13.3. The summed E-state index contributed by atoms with van der Waals surface area (Å²) in [5.41, 5.74) is -1.12. The fourth-order valence-electron chi connectivity index (χ4n) is 2.76. The normalized spacial score (nSPS) is 13.7. The second-order valence-electron chi connectivity index (χ2n) is 9.86. The number of hydrogen-bond acceptors (Lipinski definition) is 7. The molecule has 0 bridgehead atoms. The Labute approximate surface area is 186 Å². The summed E-state index contributed by atoms with van der Waals surface area (Å²) < 4.78 is 15.3. The topological polar surface area (TPSA) is 108 Å². The first kappa shape index (κ1) is 28.9. The van der Waals surface area contributed by atoms with Gasteiger partial charge < -0.3 is 19.5 Å². The van der Waals surface area contributed by atoms with E-state index < -0.39 is 35.1 Å². The average Bonchev–Trinajstić information content (AvgIpc) is 2.61. The van der Waals surface area contributed by atoms with E-state index in [0.29, 0.717) is 32.2 Å². The van der Waals surface area contributed by atoms with Crippen LogP contribution in [-0.4, -0.2) is 48.7 Å². The Kier molecular flexibility index (Phi) is 12.4. The third-order valence-electron chi connectivity index (χ3n) is 4.32. The molecule has 0 aliphatic carbocycles. The van der Waals surface area contributed by atoms with Crippen molar-refractivity contribution in [3.05, 3.63) is 0 Å². The highest BCUT2D eigenvalue weighted by atomic mass is 16.6. The van der Waals surface area contributed by atoms with Crippen LogP contribution in [-0.2, 0) is 28.6 Å². The number of ether oxygens (including phenoxy) is 3. The van der Waals surface area contributed by atoms with Gasteiger partial charge in [-0.15, -0.1) is 0 Å². The molecule has 180 valence electrons. The van der Waals surface area contributed by atoms with E-state index in [1.165, 1.54) is 7.11 Å². The summed E-state index contributed by atoms with van der Waals surface area (Å²) in [6.45, 7) is 12.9. The van der Waals surface area contributed by atoms with E-state index >= 15 is 0 Å². The molecule has 1 N–H and O–H groups in total. The lowest BCUT2D eigenvalue weighted by molar-refractivity contribution is -0.159. The molecule has 0 heterocycles. The van der Waals surface area contributed by atoms with Gasteiger partial charge in [0.2, 0.25) is 0 Å². The number of esters is 2. The molecule has 0 aliphatic heterocycles. The van der Waals surface area contributed by atoms with Crippen molar-refractivity contribution in [2.24, 2.45) is 11.8 Å². The first-order valence-corrected chi connectivity index (χ1v) is 10.9. The van der Waals surface area contributed by atoms with Gasteiger partial charge in [0.25, 0.3) is 0 Å². The van der Waals surface area contributed by atoms with Crippen molar-refractivity contribution in [3.8, 4) is 0 Å². The smallest absolute Gasteiger partial charge is 0.407 e. The van der Waals surface area contributed by atoms with Crippen molar-refractivity contribution in [1.29, 1.82) is 0 Å². The van der Waals surface area contributed by atoms with E-state index in [9.17, 15) is 19.2 Å². The number of amides is 1. The standard InChI is InChI=1S/C23H41NO7/c1-16(19(26)30-22(2,3)4)12-13-18(25)15-17(20(27)29-8)11-9-10-14-24-21(28)31-23(5,6)7/h16-17H,9-15H2,1-8H3,(H,24,28)/t16-,17+/m0/s1. The number of hydrogen-bond donors (Lipinski definition) is 1. The molecule has 0 aromatic rings. The molecule has 0 fully saturated rings. The van der Waals surface area contributed by atoms with Crippen molar-refractivity contribution in [2.75, 3.05) is 13.7 Å². The Morgan fingerprint density at radius 2 is 1.42 bits per heavy atom. The van der Waals surface area contributed by atoms with Crippen LogP contribution in [0.2, 0.25) is 0 Å². The van der Waals surface area contributed by atoms with Gasteiger partial charge in [-0.1, -0.05) is 13.3 Å². The van der Waals surface area contributed by atoms with Crippen LogP contribution in [0.3, 0.4) is 0 Å². The quantitative estimate of drug-likeness (QED) is 0.274. The van der Waals surface area contributed by atoms with E-state index in [4.69, 9.17) is 14.2 Å². The van der Waals surface area contributed by atoms with Gasteiger partial charge in [0, 0.05) is 19.4 Å². The molecule has 0 aromatic heterocycles. The lowest BCUT2D eigenvalue weighted by atomic mass is 9.93. The summed E-state index contributed by atoms with van der Waals surface area (Å²) >= 11 is 0. The van der Waals surface area contributed by atoms with Crippen molar-refractivity contribution in [1.82, 2.24) is 5.32 Å². The minimum atomic E-state index is -0.566. The zero-order chi connectivity index (χ0) is 24.2. The van der Waals surface area contributed by atoms with Crippen molar-refractivity contribution in [2.45, 2.75) is 98.2 Å². The molecule has 0 aliphatic rings. The number of carbonyl (C=O) groups excluding carboxylic acids is 4. The van der Waals surface area contributed by atoms with Gasteiger partial charge in [-0.25, -0.2) is 4.79 Å². The maximum Gasteiger partial charge on any atom is 0.407 e. The maximum atomic E-state index is 12.4. The predicted molar refractivity (Wildman–Crippen MR) is 117 cm³/mol. The fraction of sp³-hybridized carbons (Fsp3) is 0.826.